The van der Waals surface area contributed by atoms with Crippen LogP contribution >= 0.6 is 0 Å². The van der Waals surface area contributed by atoms with E-state index in [1.165, 1.54) is 6.07 Å². The van der Waals surface area contributed by atoms with E-state index in [1.54, 1.807) is 22.8 Å². The molecular formula is C21H21N3O4. The zero-order chi connectivity index (χ0) is 20.0. The van der Waals surface area contributed by atoms with Crippen molar-refractivity contribution in [3.63, 3.8) is 0 Å². The number of nitrogens with zero attached hydrogens (tertiary/aromatic N) is 3. The van der Waals surface area contributed by atoms with Gasteiger partial charge in [0.15, 0.2) is 6.61 Å². The monoisotopic (exact) mass is 379 g/mol. The van der Waals surface area contributed by atoms with E-state index in [0.29, 0.717) is 23.0 Å². The lowest BCUT2D eigenvalue weighted by Crippen LogP contribution is -2.21. The second kappa shape index (κ2) is 6.74. The summed E-state index contributed by atoms with van der Waals surface area (Å²) in [5.74, 6) is -0.111. The summed E-state index contributed by atoms with van der Waals surface area (Å²) in [4.78, 5) is 41.8. The van der Waals surface area contributed by atoms with E-state index in [-0.39, 0.29) is 23.5 Å². The third-order valence-electron chi connectivity index (χ3n) is 5.46. The molecule has 1 aliphatic heterocycles. The highest BCUT2D eigenvalue weighted by molar-refractivity contribution is 6.01. The van der Waals surface area contributed by atoms with Crippen molar-refractivity contribution in [2.45, 2.75) is 33.2 Å². The number of ketones is 1. The van der Waals surface area contributed by atoms with E-state index in [0.717, 1.165) is 30.1 Å². The molecule has 28 heavy (non-hydrogen) atoms. The molecule has 3 aromatic rings. The van der Waals surface area contributed by atoms with Gasteiger partial charge in [-0.2, -0.15) is 0 Å². The maximum atomic E-state index is 12.5. The van der Waals surface area contributed by atoms with Gasteiger partial charge >= 0.3 is 5.97 Å². The zero-order valence-electron chi connectivity index (χ0n) is 16.1. The Morgan fingerprint density at radius 3 is 2.71 bits per heavy atom. The van der Waals surface area contributed by atoms with Crippen LogP contribution in [-0.2, 0) is 24.8 Å². The van der Waals surface area contributed by atoms with Crippen LogP contribution in [0.2, 0.25) is 0 Å². The van der Waals surface area contributed by atoms with Gasteiger partial charge in [0.1, 0.15) is 5.82 Å². The van der Waals surface area contributed by atoms with Gasteiger partial charge in [-0.1, -0.05) is 0 Å². The summed E-state index contributed by atoms with van der Waals surface area (Å²) < 4.78 is 8.81. The minimum absolute atomic E-state index is 0.0810. The van der Waals surface area contributed by atoms with Gasteiger partial charge in [-0.05, 0) is 44.5 Å². The van der Waals surface area contributed by atoms with Crippen LogP contribution in [-0.4, -0.2) is 32.5 Å². The third kappa shape index (κ3) is 2.93. The first-order chi connectivity index (χ1) is 13.4. The molecule has 1 aliphatic rings. The van der Waals surface area contributed by atoms with Gasteiger partial charge in [-0.15, -0.1) is 0 Å². The number of carbonyl (C=O) groups excluding carboxylic acids is 2. The highest BCUT2D eigenvalue weighted by Gasteiger charge is 2.19. The molecule has 0 saturated carbocycles. The van der Waals surface area contributed by atoms with Crippen LogP contribution in [0.3, 0.4) is 0 Å². The van der Waals surface area contributed by atoms with E-state index in [4.69, 9.17) is 4.74 Å². The summed E-state index contributed by atoms with van der Waals surface area (Å²) in [6.07, 6.45) is 1.65. The minimum Gasteiger partial charge on any atom is -0.454 e. The Labute approximate surface area is 161 Å². The molecule has 0 atom stereocenters. The van der Waals surface area contributed by atoms with Gasteiger partial charge in [0.05, 0.1) is 16.5 Å². The standard InChI is InChI=1S/C21H21N3O4/c1-12-9-16(13(2)23(12)3)18(25)11-28-21(27)14-6-7-15-17(10-14)22-19-5-4-8-24(19)20(15)26/h6-7,9-10H,4-5,8,11H2,1-3H3. The molecule has 4 rings (SSSR count). The molecule has 0 unspecified atom stereocenters. The first-order valence-corrected chi connectivity index (χ1v) is 9.23. The summed E-state index contributed by atoms with van der Waals surface area (Å²) in [6.45, 7) is 4.12. The Kier molecular flexibility index (Phi) is 4.37. The second-order valence-corrected chi connectivity index (χ2v) is 7.16. The smallest absolute Gasteiger partial charge is 0.338 e. The van der Waals surface area contributed by atoms with Gasteiger partial charge in [-0.3, -0.25) is 14.2 Å². The average molecular weight is 379 g/mol. The van der Waals surface area contributed by atoms with Crippen molar-refractivity contribution < 1.29 is 14.3 Å². The number of rotatable bonds is 4. The summed E-state index contributed by atoms with van der Waals surface area (Å²) in [7, 11) is 1.88. The lowest BCUT2D eigenvalue weighted by atomic mass is 10.1. The molecule has 2 aromatic heterocycles. The number of hydrogen-bond donors (Lipinski definition) is 0. The molecule has 0 amide bonds. The third-order valence-corrected chi connectivity index (χ3v) is 5.46. The van der Waals surface area contributed by atoms with Crippen molar-refractivity contribution in [1.82, 2.24) is 14.1 Å². The average Bonchev–Trinajstić information content (AvgIpc) is 3.26. The Morgan fingerprint density at radius 2 is 2.00 bits per heavy atom. The molecule has 0 bridgehead atoms. The normalized spacial score (nSPS) is 13.0. The van der Waals surface area contributed by atoms with Gasteiger partial charge in [0.25, 0.3) is 5.56 Å². The topological polar surface area (TPSA) is 83.2 Å². The summed E-state index contributed by atoms with van der Waals surface area (Å²) in [5.41, 5.74) is 3.03. The molecule has 0 spiro atoms. The largest absolute Gasteiger partial charge is 0.454 e. The molecule has 0 N–H and O–H groups in total. The molecule has 144 valence electrons. The van der Waals surface area contributed by atoms with Crippen molar-refractivity contribution in [2.24, 2.45) is 7.05 Å². The Hall–Kier alpha value is -3.22. The number of hydrogen-bond acceptors (Lipinski definition) is 5. The van der Waals surface area contributed by atoms with E-state index >= 15 is 0 Å². The lowest BCUT2D eigenvalue weighted by Gasteiger charge is -2.07. The van der Waals surface area contributed by atoms with Crippen molar-refractivity contribution in [1.29, 1.82) is 0 Å². The van der Waals surface area contributed by atoms with Crippen LogP contribution < -0.4 is 5.56 Å². The Bertz CT molecular complexity index is 1190. The highest BCUT2D eigenvalue weighted by Crippen LogP contribution is 2.17. The Balaban J connectivity index is 1.54. The van der Waals surface area contributed by atoms with Gasteiger partial charge in [0.2, 0.25) is 5.78 Å². The summed E-state index contributed by atoms with van der Waals surface area (Å²) >= 11 is 0. The fourth-order valence-electron chi connectivity index (χ4n) is 3.64. The first-order valence-electron chi connectivity index (χ1n) is 9.23. The molecular weight excluding hydrogens is 358 g/mol. The molecule has 0 saturated heterocycles. The number of Topliss-reactive ketones (excluding diaryl/α,β-unsaturated/α-hetero) is 1. The molecule has 3 heterocycles. The fraction of sp³-hybridized carbons (Fsp3) is 0.333. The predicted molar refractivity (Wildman–Crippen MR) is 104 cm³/mol. The van der Waals surface area contributed by atoms with Crippen LogP contribution in [0.5, 0.6) is 0 Å². The molecule has 0 aliphatic carbocycles. The molecule has 7 nitrogen and oxygen atoms in total. The minimum atomic E-state index is -0.608. The highest BCUT2D eigenvalue weighted by atomic mass is 16.5. The fourth-order valence-corrected chi connectivity index (χ4v) is 3.64. The number of benzene rings is 1. The maximum absolute atomic E-state index is 12.5. The molecule has 7 heteroatoms. The SMILES string of the molecule is Cc1cc(C(=O)COC(=O)c2ccc3c(=O)n4c(nc3c2)CCC4)c(C)n1C. The summed E-state index contributed by atoms with van der Waals surface area (Å²) in [6, 6.07) is 6.48. The van der Waals surface area contributed by atoms with Crippen LogP contribution in [0, 0.1) is 13.8 Å². The van der Waals surface area contributed by atoms with Crippen molar-refractivity contribution >= 4 is 22.7 Å². The maximum Gasteiger partial charge on any atom is 0.338 e. The van der Waals surface area contributed by atoms with Crippen molar-refractivity contribution in [3.8, 4) is 0 Å². The zero-order valence-corrected chi connectivity index (χ0v) is 16.1. The van der Waals surface area contributed by atoms with Crippen LogP contribution in [0.4, 0.5) is 0 Å². The summed E-state index contributed by atoms with van der Waals surface area (Å²) in [5, 5.41) is 0.480. The van der Waals surface area contributed by atoms with Crippen LogP contribution in [0.1, 0.15) is 44.3 Å². The quantitative estimate of drug-likeness (QED) is 0.513. The van der Waals surface area contributed by atoms with Gasteiger partial charge in [-0.25, -0.2) is 9.78 Å². The van der Waals surface area contributed by atoms with Crippen molar-refractivity contribution in [3.05, 3.63) is 63.0 Å². The second-order valence-electron chi connectivity index (χ2n) is 7.16. The number of aryl methyl sites for hydroxylation is 2. The molecule has 0 radical (unpaired) electrons. The molecule has 1 aromatic carbocycles. The Morgan fingerprint density at radius 1 is 1.21 bits per heavy atom. The molecule has 0 fully saturated rings. The van der Waals surface area contributed by atoms with Gasteiger partial charge in [0, 0.05) is 37.0 Å². The van der Waals surface area contributed by atoms with Crippen LogP contribution in [0.15, 0.2) is 29.1 Å². The van der Waals surface area contributed by atoms with E-state index < -0.39 is 5.97 Å². The van der Waals surface area contributed by atoms with Gasteiger partial charge < -0.3 is 9.30 Å². The van der Waals surface area contributed by atoms with Crippen LogP contribution in [0.25, 0.3) is 10.9 Å². The van der Waals surface area contributed by atoms with E-state index in [1.807, 2.05) is 25.5 Å². The number of aromatic nitrogens is 3. The number of esters is 1. The number of fused-ring (bicyclic) bond motifs is 2. The van der Waals surface area contributed by atoms with E-state index in [2.05, 4.69) is 4.98 Å². The first kappa shape index (κ1) is 18.2. The van der Waals surface area contributed by atoms with E-state index in [9.17, 15) is 14.4 Å². The number of ether oxygens (including phenoxy) is 1. The lowest BCUT2D eigenvalue weighted by molar-refractivity contribution is 0.0474. The predicted octanol–water partition coefficient (Wildman–Crippen LogP) is 2.34. The van der Waals surface area contributed by atoms with Crippen molar-refractivity contribution in [2.75, 3.05) is 6.61 Å². The number of carbonyl (C=O) groups is 2.